The van der Waals surface area contributed by atoms with Gasteiger partial charge in [0.2, 0.25) is 0 Å². The summed E-state index contributed by atoms with van der Waals surface area (Å²) in [6.07, 6.45) is 2.45. The Morgan fingerprint density at radius 1 is 1.12 bits per heavy atom. The normalized spacial score (nSPS) is 11.2. The fourth-order valence-corrected chi connectivity index (χ4v) is 3.66. The third-order valence-electron chi connectivity index (χ3n) is 3.36. The van der Waals surface area contributed by atoms with Crippen molar-refractivity contribution in [2.45, 2.75) is 11.8 Å². The van der Waals surface area contributed by atoms with Crippen molar-refractivity contribution >= 4 is 27.3 Å². The van der Waals surface area contributed by atoms with Crippen molar-refractivity contribution in [3.63, 3.8) is 0 Å². The number of hydrogen-bond acceptors (Lipinski definition) is 5. The van der Waals surface area contributed by atoms with Crippen molar-refractivity contribution in [2.75, 3.05) is 4.72 Å². The number of sulfonamides is 1. The van der Waals surface area contributed by atoms with Crippen LogP contribution in [-0.2, 0) is 10.0 Å². The van der Waals surface area contributed by atoms with Crippen molar-refractivity contribution in [1.82, 2.24) is 9.97 Å². The lowest BCUT2D eigenvalue weighted by molar-refractivity contribution is 0.411. The molecule has 6 nitrogen and oxygen atoms in total. The third kappa shape index (κ3) is 4.09. The van der Waals surface area contributed by atoms with Crippen LogP contribution in [0.1, 0.15) is 5.56 Å². The topological polar surface area (TPSA) is 81.2 Å². The first-order valence-electron chi connectivity index (χ1n) is 7.38. The minimum atomic E-state index is -3.86. The maximum absolute atomic E-state index is 13.6. The molecule has 3 aromatic rings. The van der Waals surface area contributed by atoms with E-state index in [-0.39, 0.29) is 22.3 Å². The van der Waals surface area contributed by atoms with Gasteiger partial charge in [-0.3, -0.25) is 4.72 Å². The lowest BCUT2D eigenvalue weighted by Crippen LogP contribution is -2.14. The summed E-state index contributed by atoms with van der Waals surface area (Å²) < 4.78 is 46.1. The molecule has 0 aliphatic heterocycles. The van der Waals surface area contributed by atoms with E-state index in [0.29, 0.717) is 10.6 Å². The summed E-state index contributed by atoms with van der Waals surface area (Å²) in [6.45, 7) is 1.66. The van der Waals surface area contributed by atoms with Crippen molar-refractivity contribution in [3.8, 4) is 11.8 Å². The Bertz CT molecular complexity index is 1040. The fraction of sp³-hybridized carbons (Fsp3) is 0.0588. The van der Waals surface area contributed by atoms with E-state index in [1.807, 2.05) is 0 Å². The summed E-state index contributed by atoms with van der Waals surface area (Å²) in [5.74, 6) is -0.590. The monoisotopic (exact) mass is 393 g/mol. The van der Waals surface area contributed by atoms with Crippen LogP contribution >= 0.6 is 11.6 Å². The second-order valence-electron chi connectivity index (χ2n) is 5.30. The first-order valence-corrected chi connectivity index (χ1v) is 9.25. The van der Waals surface area contributed by atoms with Crippen LogP contribution in [0.4, 0.5) is 10.1 Å². The standard InChI is InChI=1S/C17H13ClFN3O3S/c1-11-6-7-12(18)8-16(11)26(23,24)22-13-9-20-17(21-10-13)25-15-5-3-2-4-14(15)19/h2-10,22H,1H3. The van der Waals surface area contributed by atoms with Crippen LogP contribution < -0.4 is 9.46 Å². The van der Waals surface area contributed by atoms with Gasteiger partial charge >= 0.3 is 6.01 Å². The Balaban J connectivity index is 1.79. The molecular weight excluding hydrogens is 381 g/mol. The molecule has 0 amide bonds. The molecule has 0 saturated heterocycles. The zero-order valence-corrected chi connectivity index (χ0v) is 15.1. The number of para-hydroxylation sites is 1. The van der Waals surface area contributed by atoms with Crippen molar-refractivity contribution in [3.05, 3.63) is 71.3 Å². The van der Waals surface area contributed by atoms with E-state index in [2.05, 4.69) is 14.7 Å². The number of hydrogen-bond donors (Lipinski definition) is 1. The summed E-state index contributed by atoms with van der Waals surface area (Å²) in [5, 5.41) is 0.306. The molecule has 0 bridgehead atoms. The van der Waals surface area contributed by atoms with E-state index in [1.165, 1.54) is 36.7 Å². The van der Waals surface area contributed by atoms with Gasteiger partial charge < -0.3 is 4.74 Å². The minimum absolute atomic E-state index is 0.0321. The predicted octanol–water partition coefficient (Wildman–Crippen LogP) is 4.17. The van der Waals surface area contributed by atoms with Gasteiger partial charge in [0.05, 0.1) is 23.0 Å². The highest BCUT2D eigenvalue weighted by Crippen LogP contribution is 2.24. The van der Waals surface area contributed by atoms with Gasteiger partial charge in [0, 0.05) is 5.02 Å². The summed E-state index contributed by atoms with van der Waals surface area (Å²) in [4.78, 5) is 7.81. The average Bonchev–Trinajstić information content (AvgIpc) is 2.60. The van der Waals surface area contributed by atoms with Gasteiger partial charge in [-0.05, 0) is 36.8 Å². The lowest BCUT2D eigenvalue weighted by Gasteiger charge is -2.10. The number of nitrogens with one attached hydrogen (secondary N) is 1. The molecular formula is C17H13ClFN3O3S. The van der Waals surface area contributed by atoms with Gasteiger partial charge in [-0.15, -0.1) is 0 Å². The molecule has 0 aliphatic rings. The van der Waals surface area contributed by atoms with Gasteiger partial charge in [0.15, 0.2) is 11.6 Å². The summed E-state index contributed by atoms with van der Waals surface area (Å²) in [6, 6.07) is 10.3. The molecule has 9 heteroatoms. The van der Waals surface area contributed by atoms with Crippen molar-refractivity contribution in [1.29, 1.82) is 0 Å². The predicted molar refractivity (Wildman–Crippen MR) is 95.5 cm³/mol. The molecule has 1 heterocycles. The number of ether oxygens (including phenoxy) is 1. The molecule has 0 unspecified atom stereocenters. The maximum Gasteiger partial charge on any atom is 0.322 e. The fourth-order valence-electron chi connectivity index (χ4n) is 2.12. The lowest BCUT2D eigenvalue weighted by atomic mass is 10.2. The molecule has 0 aliphatic carbocycles. The summed E-state index contributed by atoms with van der Waals surface area (Å²) >= 11 is 5.87. The van der Waals surface area contributed by atoms with E-state index < -0.39 is 15.8 Å². The van der Waals surface area contributed by atoms with Gasteiger partial charge in [-0.1, -0.05) is 29.8 Å². The van der Waals surface area contributed by atoms with Crippen molar-refractivity contribution in [2.24, 2.45) is 0 Å². The smallest absolute Gasteiger partial charge is 0.322 e. The number of nitrogens with zero attached hydrogens (tertiary/aromatic N) is 2. The van der Waals surface area contributed by atoms with E-state index in [4.69, 9.17) is 16.3 Å². The number of halogens is 2. The number of anilines is 1. The van der Waals surface area contributed by atoms with Gasteiger partial charge in [0.25, 0.3) is 10.0 Å². The molecule has 0 fully saturated rings. The van der Waals surface area contributed by atoms with Crippen LogP contribution in [0, 0.1) is 12.7 Å². The molecule has 0 saturated carbocycles. The van der Waals surface area contributed by atoms with Gasteiger partial charge in [-0.25, -0.2) is 22.8 Å². The second-order valence-corrected chi connectivity index (χ2v) is 7.39. The molecule has 0 atom stereocenters. The zero-order valence-electron chi connectivity index (χ0n) is 13.5. The van der Waals surface area contributed by atoms with Crippen LogP contribution in [0.15, 0.2) is 59.8 Å². The van der Waals surface area contributed by atoms with E-state index >= 15 is 0 Å². The second kappa shape index (κ2) is 7.27. The largest absolute Gasteiger partial charge is 0.421 e. The van der Waals surface area contributed by atoms with Crippen molar-refractivity contribution < 1.29 is 17.5 Å². The Morgan fingerprint density at radius 3 is 2.50 bits per heavy atom. The SMILES string of the molecule is Cc1ccc(Cl)cc1S(=O)(=O)Nc1cnc(Oc2ccccc2F)nc1. The van der Waals surface area contributed by atoms with Gasteiger partial charge in [0.1, 0.15) is 0 Å². The van der Waals surface area contributed by atoms with E-state index in [1.54, 1.807) is 25.1 Å². The van der Waals surface area contributed by atoms with Crippen LogP contribution in [0.3, 0.4) is 0 Å². The van der Waals surface area contributed by atoms with E-state index in [9.17, 15) is 12.8 Å². The Kier molecular flexibility index (Phi) is 5.06. The first-order chi connectivity index (χ1) is 12.3. The highest BCUT2D eigenvalue weighted by Gasteiger charge is 2.18. The van der Waals surface area contributed by atoms with Gasteiger partial charge in [-0.2, -0.15) is 0 Å². The number of rotatable bonds is 5. The molecule has 0 radical (unpaired) electrons. The molecule has 1 aromatic heterocycles. The van der Waals surface area contributed by atoms with Crippen LogP contribution in [-0.4, -0.2) is 18.4 Å². The minimum Gasteiger partial charge on any atom is -0.421 e. The quantitative estimate of drug-likeness (QED) is 0.703. The third-order valence-corrected chi connectivity index (χ3v) is 5.12. The number of aromatic nitrogens is 2. The Hall–Kier alpha value is -2.71. The maximum atomic E-state index is 13.6. The number of benzene rings is 2. The Morgan fingerprint density at radius 2 is 1.81 bits per heavy atom. The highest BCUT2D eigenvalue weighted by molar-refractivity contribution is 7.92. The molecule has 3 rings (SSSR count). The molecule has 2 aromatic carbocycles. The average molecular weight is 394 g/mol. The van der Waals surface area contributed by atoms with Crippen LogP contribution in [0.2, 0.25) is 5.02 Å². The molecule has 0 spiro atoms. The van der Waals surface area contributed by atoms with Crippen LogP contribution in [0.25, 0.3) is 0 Å². The van der Waals surface area contributed by atoms with E-state index in [0.717, 1.165) is 0 Å². The summed E-state index contributed by atoms with van der Waals surface area (Å²) in [5.41, 5.74) is 0.674. The molecule has 1 N–H and O–H groups in total. The summed E-state index contributed by atoms with van der Waals surface area (Å²) in [7, 11) is -3.86. The molecule has 26 heavy (non-hydrogen) atoms. The highest BCUT2D eigenvalue weighted by atomic mass is 35.5. The number of aryl methyl sites for hydroxylation is 1. The molecule has 134 valence electrons. The zero-order chi connectivity index (χ0) is 18.7. The first kappa shape index (κ1) is 18.1. The Labute approximate surface area is 154 Å². The van der Waals surface area contributed by atoms with Crippen LogP contribution in [0.5, 0.6) is 11.8 Å².